The molecule has 2 atom stereocenters. The van der Waals surface area contributed by atoms with Crippen molar-refractivity contribution in [3.05, 3.63) is 0 Å². The maximum Gasteiger partial charge on any atom is 0.0102 e. The summed E-state index contributed by atoms with van der Waals surface area (Å²) in [6, 6.07) is 0.856. The van der Waals surface area contributed by atoms with E-state index in [9.17, 15) is 0 Å². The summed E-state index contributed by atoms with van der Waals surface area (Å²) in [5.41, 5.74) is 0. The molecule has 0 amide bonds. The Balaban J connectivity index is 2.09. The molecule has 1 aliphatic carbocycles. The second-order valence-corrected chi connectivity index (χ2v) is 3.31. The molecule has 9 heavy (non-hydrogen) atoms. The lowest BCUT2D eigenvalue weighted by atomic mass is 10.1. The summed E-state index contributed by atoms with van der Waals surface area (Å²) in [6.45, 7) is 7.92. The maximum atomic E-state index is 3.45. The summed E-state index contributed by atoms with van der Waals surface area (Å²) in [5.74, 6) is 1.86. The van der Waals surface area contributed by atoms with Crippen LogP contribution in [0.25, 0.3) is 0 Å². The van der Waals surface area contributed by atoms with Crippen LogP contribution in [0.3, 0.4) is 0 Å². The summed E-state index contributed by atoms with van der Waals surface area (Å²) in [7, 11) is 0. The van der Waals surface area contributed by atoms with E-state index in [1.165, 1.54) is 6.42 Å². The molecule has 0 spiro atoms. The molecule has 0 heterocycles. The molecule has 0 saturated heterocycles. The third-order valence-electron chi connectivity index (χ3n) is 2.16. The highest BCUT2D eigenvalue weighted by Crippen LogP contribution is 2.36. The van der Waals surface area contributed by atoms with Gasteiger partial charge in [0.15, 0.2) is 0 Å². The number of rotatable bonds is 3. The number of nitrogens with one attached hydrogen (secondary N) is 1. The van der Waals surface area contributed by atoms with E-state index in [0.29, 0.717) is 0 Å². The van der Waals surface area contributed by atoms with E-state index in [4.69, 9.17) is 0 Å². The van der Waals surface area contributed by atoms with E-state index in [1.54, 1.807) is 0 Å². The SMILES string of the molecule is CCN[C@@H]1CC1C(C)C. The average molecular weight is 127 g/mol. The largest absolute Gasteiger partial charge is 0.314 e. The number of hydrogen-bond acceptors (Lipinski definition) is 1. The van der Waals surface area contributed by atoms with E-state index in [2.05, 4.69) is 26.1 Å². The van der Waals surface area contributed by atoms with Crippen molar-refractivity contribution >= 4 is 0 Å². The zero-order chi connectivity index (χ0) is 6.85. The topological polar surface area (TPSA) is 12.0 Å². The van der Waals surface area contributed by atoms with Gasteiger partial charge in [-0.3, -0.25) is 0 Å². The fraction of sp³-hybridized carbons (Fsp3) is 1.00. The van der Waals surface area contributed by atoms with Gasteiger partial charge in [-0.05, 0) is 24.8 Å². The van der Waals surface area contributed by atoms with E-state index >= 15 is 0 Å². The van der Waals surface area contributed by atoms with Crippen LogP contribution in [-0.4, -0.2) is 12.6 Å². The Bertz CT molecular complexity index is 88.6. The van der Waals surface area contributed by atoms with Crippen LogP contribution in [0.4, 0.5) is 0 Å². The van der Waals surface area contributed by atoms with Crippen molar-refractivity contribution in [1.82, 2.24) is 5.32 Å². The van der Waals surface area contributed by atoms with E-state index in [0.717, 1.165) is 24.4 Å². The normalized spacial score (nSPS) is 33.3. The molecule has 1 saturated carbocycles. The van der Waals surface area contributed by atoms with Gasteiger partial charge in [0.2, 0.25) is 0 Å². The highest BCUT2D eigenvalue weighted by Gasteiger charge is 2.37. The van der Waals surface area contributed by atoms with Crippen LogP contribution in [0.1, 0.15) is 27.2 Å². The molecule has 0 aromatic carbocycles. The lowest BCUT2D eigenvalue weighted by Gasteiger charge is -2.02. The van der Waals surface area contributed by atoms with Crippen LogP contribution >= 0.6 is 0 Å². The van der Waals surface area contributed by atoms with Gasteiger partial charge in [-0.15, -0.1) is 0 Å². The van der Waals surface area contributed by atoms with E-state index < -0.39 is 0 Å². The predicted molar refractivity (Wildman–Crippen MR) is 40.4 cm³/mol. The molecule has 1 N–H and O–H groups in total. The minimum atomic E-state index is 0.856. The standard InChI is InChI=1S/C8H17N/c1-4-9-8-5-7(8)6(2)3/h6-9H,4-5H2,1-3H3/t7?,8-/m1/s1. The zero-order valence-electron chi connectivity index (χ0n) is 6.65. The summed E-state index contributed by atoms with van der Waals surface area (Å²) in [4.78, 5) is 0. The van der Waals surface area contributed by atoms with Gasteiger partial charge in [0, 0.05) is 6.04 Å². The fourth-order valence-electron chi connectivity index (χ4n) is 1.45. The van der Waals surface area contributed by atoms with Gasteiger partial charge >= 0.3 is 0 Å². The fourth-order valence-corrected chi connectivity index (χ4v) is 1.45. The third kappa shape index (κ3) is 1.68. The van der Waals surface area contributed by atoms with Crippen molar-refractivity contribution in [3.63, 3.8) is 0 Å². The van der Waals surface area contributed by atoms with Gasteiger partial charge in [-0.25, -0.2) is 0 Å². The Morgan fingerprint density at radius 3 is 2.56 bits per heavy atom. The van der Waals surface area contributed by atoms with Gasteiger partial charge in [0.05, 0.1) is 0 Å². The van der Waals surface area contributed by atoms with Gasteiger partial charge in [0.1, 0.15) is 0 Å². The lowest BCUT2D eigenvalue weighted by molar-refractivity contribution is 0.517. The second kappa shape index (κ2) is 2.70. The molecule has 1 heteroatoms. The Morgan fingerprint density at radius 1 is 1.56 bits per heavy atom. The Labute approximate surface area is 57.8 Å². The Hall–Kier alpha value is -0.0400. The molecule has 1 rings (SSSR count). The van der Waals surface area contributed by atoms with E-state index in [-0.39, 0.29) is 0 Å². The molecule has 0 bridgehead atoms. The van der Waals surface area contributed by atoms with Gasteiger partial charge in [-0.2, -0.15) is 0 Å². The molecule has 1 nitrogen and oxygen atoms in total. The first kappa shape index (κ1) is 7.07. The minimum absolute atomic E-state index is 0.856. The average Bonchev–Trinajstić information content (AvgIpc) is 2.47. The lowest BCUT2D eigenvalue weighted by Crippen LogP contribution is -2.18. The van der Waals surface area contributed by atoms with Crippen LogP contribution in [0.5, 0.6) is 0 Å². The zero-order valence-corrected chi connectivity index (χ0v) is 6.65. The minimum Gasteiger partial charge on any atom is -0.314 e. The van der Waals surface area contributed by atoms with Crippen LogP contribution in [0, 0.1) is 11.8 Å². The molecule has 0 radical (unpaired) electrons. The molecular formula is C8H17N. The van der Waals surface area contributed by atoms with Crippen LogP contribution < -0.4 is 5.32 Å². The van der Waals surface area contributed by atoms with Gasteiger partial charge < -0.3 is 5.32 Å². The summed E-state index contributed by atoms with van der Waals surface area (Å²) in [5, 5.41) is 3.45. The molecular weight excluding hydrogens is 110 g/mol. The smallest absolute Gasteiger partial charge is 0.0102 e. The highest BCUT2D eigenvalue weighted by atomic mass is 15.0. The highest BCUT2D eigenvalue weighted by molar-refractivity contribution is 4.94. The van der Waals surface area contributed by atoms with Crippen molar-refractivity contribution in [1.29, 1.82) is 0 Å². The molecule has 1 unspecified atom stereocenters. The predicted octanol–water partition coefficient (Wildman–Crippen LogP) is 1.64. The Morgan fingerprint density at radius 2 is 2.22 bits per heavy atom. The monoisotopic (exact) mass is 127 g/mol. The van der Waals surface area contributed by atoms with Crippen LogP contribution in [-0.2, 0) is 0 Å². The molecule has 0 aliphatic heterocycles. The Kier molecular flexibility index (Phi) is 2.12. The van der Waals surface area contributed by atoms with Gasteiger partial charge in [0.25, 0.3) is 0 Å². The van der Waals surface area contributed by atoms with Crippen molar-refractivity contribution in [3.8, 4) is 0 Å². The van der Waals surface area contributed by atoms with Gasteiger partial charge in [-0.1, -0.05) is 20.8 Å². The molecule has 0 aromatic heterocycles. The van der Waals surface area contributed by atoms with Crippen molar-refractivity contribution in [2.24, 2.45) is 11.8 Å². The quantitative estimate of drug-likeness (QED) is 0.607. The summed E-state index contributed by atoms with van der Waals surface area (Å²) < 4.78 is 0. The van der Waals surface area contributed by atoms with E-state index in [1.807, 2.05) is 0 Å². The summed E-state index contributed by atoms with van der Waals surface area (Å²) in [6.07, 6.45) is 1.41. The van der Waals surface area contributed by atoms with Crippen molar-refractivity contribution in [2.75, 3.05) is 6.54 Å². The molecule has 1 aliphatic rings. The van der Waals surface area contributed by atoms with Crippen molar-refractivity contribution in [2.45, 2.75) is 33.2 Å². The third-order valence-corrected chi connectivity index (χ3v) is 2.16. The first-order valence-corrected chi connectivity index (χ1v) is 3.99. The summed E-state index contributed by atoms with van der Waals surface area (Å²) >= 11 is 0. The molecule has 0 aromatic rings. The first-order chi connectivity index (χ1) is 4.25. The molecule has 54 valence electrons. The first-order valence-electron chi connectivity index (χ1n) is 3.99. The maximum absolute atomic E-state index is 3.45. The second-order valence-electron chi connectivity index (χ2n) is 3.31. The molecule has 1 fully saturated rings. The number of hydrogen-bond donors (Lipinski definition) is 1. The van der Waals surface area contributed by atoms with Crippen LogP contribution in [0.15, 0.2) is 0 Å². The van der Waals surface area contributed by atoms with Crippen molar-refractivity contribution < 1.29 is 0 Å². The van der Waals surface area contributed by atoms with Crippen LogP contribution in [0.2, 0.25) is 0 Å².